The number of rotatable bonds is 8. The summed E-state index contributed by atoms with van der Waals surface area (Å²) >= 11 is 0. The van der Waals surface area contributed by atoms with Gasteiger partial charge in [0.25, 0.3) is 11.8 Å². The average Bonchev–Trinajstić information content (AvgIpc) is 2.68. The highest BCUT2D eigenvalue weighted by Gasteiger charge is 2.13. The Kier molecular flexibility index (Phi) is 7.21. The van der Waals surface area contributed by atoms with Crippen LogP contribution in [0.1, 0.15) is 47.9 Å². The van der Waals surface area contributed by atoms with Crippen LogP contribution in [-0.4, -0.2) is 36.4 Å². The summed E-state index contributed by atoms with van der Waals surface area (Å²) in [5.41, 5.74) is 1.79. The molecule has 2 aromatic rings. The van der Waals surface area contributed by atoms with E-state index in [1.54, 1.807) is 47.4 Å². The van der Waals surface area contributed by atoms with Gasteiger partial charge in [0.2, 0.25) is 0 Å². The summed E-state index contributed by atoms with van der Waals surface area (Å²) in [6.45, 7) is 7.90. The zero-order valence-corrected chi connectivity index (χ0v) is 15.6. The van der Waals surface area contributed by atoms with Gasteiger partial charge < -0.3 is 15.0 Å². The Morgan fingerprint density at radius 1 is 0.962 bits per heavy atom. The van der Waals surface area contributed by atoms with Gasteiger partial charge in [-0.2, -0.15) is 0 Å². The van der Waals surface area contributed by atoms with Crippen molar-refractivity contribution in [3.05, 3.63) is 59.7 Å². The molecule has 26 heavy (non-hydrogen) atoms. The Morgan fingerprint density at radius 2 is 1.65 bits per heavy atom. The number of ether oxygens (including phenoxy) is 1. The summed E-state index contributed by atoms with van der Waals surface area (Å²) in [4.78, 5) is 26.5. The van der Waals surface area contributed by atoms with Crippen molar-refractivity contribution in [2.24, 2.45) is 0 Å². The zero-order valence-electron chi connectivity index (χ0n) is 15.6. The second-order valence-electron chi connectivity index (χ2n) is 5.89. The molecule has 138 valence electrons. The van der Waals surface area contributed by atoms with Crippen molar-refractivity contribution in [1.82, 2.24) is 4.90 Å². The number of carbonyl (C=O) groups is 2. The van der Waals surface area contributed by atoms with Gasteiger partial charge in [0, 0.05) is 29.9 Å². The lowest BCUT2D eigenvalue weighted by Crippen LogP contribution is -2.30. The molecule has 0 atom stereocenters. The van der Waals surface area contributed by atoms with Crippen LogP contribution in [0.3, 0.4) is 0 Å². The first kappa shape index (κ1) is 19.5. The molecule has 2 amide bonds. The van der Waals surface area contributed by atoms with Gasteiger partial charge in [-0.1, -0.05) is 13.0 Å². The minimum atomic E-state index is -0.213. The third-order valence-corrected chi connectivity index (χ3v) is 4.01. The van der Waals surface area contributed by atoms with Crippen LogP contribution in [0.15, 0.2) is 48.5 Å². The van der Waals surface area contributed by atoms with Crippen molar-refractivity contribution in [3.63, 3.8) is 0 Å². The summed E-state index contributed by atoms with van der Waals surface area (Å²) in [7, 11) is 0. The molecule has 0 aromatic heterocycles. The predicted molar refractivity (Wildman–Crippen MR) is 104 cm³/mol. The monoisotopic (exact) mass is 354 g/mol. The third kappa shape index (κ3) is 5.09. The summed E-state index contributed by atoms with van der Waals surface area (Å²) < 4.78 is 5.56. The summed E-state index contributed by atoms with van der Waals surface area (Å²) in [5.74, 6) is 0.461. The fourth-order valence-electron chi connectivity index (χ4n) is 2.54. The van der Waals surface area contributed by atoms with Gasteiger partial charge in [-0.25, -0.2) is 0 Å². The number of nitrogens with one attached hydrogen (secondary N) is 1. The van der Waals surface area contributed by atoms with E-state index in [4.69, 9.17) is 4.74 Å². The van der Waals surface area contributed by atoms with Crippen LogP contribution < -0.4 is 10.1 Å². The highest BCUT2D eigenvalue weighted by atomic mass is 16.5. The Morgan fingerprint density at radius 3 is 2.27 bits per heavy atom. The minimum absolute atomic E-state index is 0.00588. The molecule has 1 N–H and O–H groups in total. The first-order valence-electron chi connectivity index (χ1n) is 9.02. The van der Waals surface area contributed by atoms with Crippen LogP contribution in [0.5, 0.6) is 5.75 Å². The van der Waals surface area contributed by atoms with Crippen LogP contribution in [-0.2, 0) is 0 Å². The van der Waals surface area contributed by atoms with Gasteiger partial charge in [0.15, 0.2) is 0 Å². The van der Waals surface area contributed by atoms with Gasteiger partial charge in [0.1, 0.15) is 5.75 Å². The summed E-state index contributed by atoms with van der Waals surface area (Å²) in [6.07, 6.45) is 0.912. The average molecular weight is 354 g/mol. The molecule has 5 heteroatoms. The number of hydrogen-bond donors (Lipinski definition) is 1. The van der Waals surface area contributed by atoms with Crippen LogP contribution >= 0.6 is 0 Å². The second-order valence-corrected chi connectivity index (χ2v) is 5.89. The number of carbonyl (C=O) groups excluding carboxylic acids is 2. The lowest BCUT2D eigenvalue weighted by atomic mass is 10.1. The quantitative estimate of drug-likeness (QED) is 0.772. The topological polar surface area (TPSA) is 58.6 Å². The van der Waals surface area contributed by atoms with Gasteiger partial charge in [-0.15, -0.1) is 0 Å². The largest absolute Gasteiger partial charge is 0.494 e. The van der Waals surface area contributed by atoms with Crippen molar-refractivity contribution >= 4 is 17.5 Å². The van der Waals surface area contributed by atoms with Crippen LogP contribution in [0.25, 0.3) is 0 Å². The highest BCUT2D eigenvalue weighted by Crippen LogP contribution is 2.17. The Bertz CT molecular complexity index is 737. The molecule has 0 bridgehead atoms. The van der Waals surface area contributed by atoms with E-state index in [1.807, 2.05) is 26.8 Å². The zero-order chi connectivity index (χ0) is 18.9. The lowest BCUT2D eigenvalue weighted by Gasteiger charge is -2.18. The van der Waals surface area contributed by atoms with E-state index >= 15 is 0 Å². The molecule has 0 aliphatic heterocycles. The van der Waals surface area contributed by atoms with Gasteiger partial charge >= 0.3 is 0 Å². The normalized spacial score (nSPS) is 10.3. The van der Waals surface area contributed by atoms with Crippen molar-refractivity contribution in [1.29, 1.82) is 0 Å². The smallest absolute Gasteiger partial charge is 0.255 e. The fourth-order valence-corrected chi connectivity index (χ4v) is 2.54. The Balaban J connectivity index is 2.04. The molecule has 2 aromatic carbocycles. The molecule has 0 spiro atoms. The molecule has 0 saturated carbocycles. The van der Waals surface area contributed by atoms with Gasteiger partial charge in [0.05, 0.1) is 6.61 Å². The highest BCUT2D eigenvalue weighted by molar-refractivity contribution is 6.04. The molecule has 0 unspecified atom stereocenters. The third-order valence-electron chi connectivity index (χ3n) is 4.01. The molecule has 0 fully saturated rings. The van der Waals surface area contributed by atoms with Crippen molar-refractivity contribution in [2.45, 2.75) is 27.2 Å². The fraction of sp³-hybridized carbons (Fsp3) is 0.333. The van der Waals surface area contributed by atoms with E-state index in [-0.39, 0.29) is 11.8 Å². The number of nitrogens with zero attached hydrogens (tertiary/aromatic N) is 1. The Hall–Kier alpha value is -2.82. The Labute approximate surface area is 155 Å². The van der Waals surface area contributed by atoms with Gasteiger partial charge in [-0.05, 0) is 62.7 Å². The first-order chi connectivity index (χ1) is 12.6. The van der Waals surface area contributed by atoms with E-state index in [1.165, 1.54) is 0 Å². The molecule has 2 rings (SSSR count). The number of anilines is 1. The van der Waals surface area contributed by atoms with Crippen molar-refractivity contribution < 1.29 is 14.3 Å². The molecule has 0 radical (unpaired) electrons. The molecular weight excluding hydrogens is 328 g/mol. The predicted octanol–water partition coefficient (Wildman–Crippen LogP) is 4.21. The van der Waals surface area contributed by atoms with E-state index in [0.717, 1.165) is 6.42 Å². The van der Waals surface area contributed by atoms with E-state index in [0.29, 0.717) is 42.3 Å². The molecule has 0 heterocycles. The molecule has 0 saturated heterocycles. The van der Waals surface area contributed by atoms with E-state index < -0.39 is 0 Å². The number of hydrogen-bond acceptors (Lipinski definition) is 3. The van der Waals surface area contributed by atoms with Crippen LogP contribution in [0.2, 0.25) is 0 Å². The maximum Gasteiger partial charge on any atom is 0.255 e. The number of amides is 2. The lowest BCUT2D eigenvalue weighted by molar-refractivity contribution is 0.0773. The SMILES string of the molecule is CCCOc1cccc(C(=O)Nc2ccc(C(=O)N(CC)CC)cc2)c1. The molecule has 5 nitrogen and oxygen atoms in total. The standard InChI is InChI=1S/C21H26N2O3/c1-4-14-26-19-9-7-8-17(15-19)20(24)22-18-12-10-16(11-13-18)21(25)23(5-2)6-3/h7-13,15H,4-6,14H2,1-3H3,(H,22,24). The van der Waals surface area contributed by atoms with E-state index in [2.05, 4.69) is 5.32 Å². The molecule has 0 aliphatic carbocycles. The second kappa shape index (κ2) is 9.61. The van der Waals surface area contributed by atoms with Crippen molar-refractivity contribution in [2.75, 3.05) is 25.0 Å². The minimum Gasteiger partial charge on any atom is -0.494 e. The van der Waals surface area contributed by atoms with Crippen molar-refractivity contribution in [3.8, 4) is 5.75 Å². The first-order valence-corrected chi connectivity index (χ1v) is 9.02. The maximum absolute atomic E-state index is 12.4. The van der Waals surface area contributed by atoms with Crippen LogP contribution in [0.4, 0.5) is 5.69 Å². The summed E-state index contributed by atoms with van der Waals surface area (Å²) in [6, 6.07) is 14.0. The molecule has 0 aliphatic rings. The van der Waals surface area contributed by atoms with E-state index in [9.17, 15) is 9.59 Å². The molecular formula is C21H26N2O3. The van der Waals surface area contributed by atoms with Crippen LogP contribution in [0, 0.1) is 0 Å². The van der Waals surface area contributed by atoms with Gasteiger partial charge in [-0.3, -0.25) is 9.59 Å². The number of benzene rings is 2. The maximum atomic E-state index is 12.4. The summed E-state index contributed by atoms with van der Waals surface area (Å²) in [5, 5.41) is 2.85.